The van der Waals surface area contributed by atoms with Gasteiger partial charge in [0, 0.05) is 18.7 Å². The number of benzene rings is 1. The molecule has 1 aromatic rings. The van der Waals surface area contributed by atoms with Gasteiger partial charge in [-0.25, -0.2) is 8.42 Å². The van der Waals surface area contributed by atoms with Gasteiger partial charge >= 0.3 is 6.18 Å². The molecule has 0 unspecified atom stereocenters. The third-order valence-corrected chi connectivity index (χ3v) is 5.57. The molecule has 0 heterocycles. The molecule has 2 rings (SSSR count). The fourth-order valence-corrected chi connectivity index (χ4v) is 4.27. The fraction of sp³-hybridized carbons (Fsp3) is 0.526. The Balaban J connectivity index is 2.35. The zero-order valence-electron chi connectivity index (χ0n) is 17.2. The van der Waals surface area contributed by atoms with Gasteiger partial charge < -0.3 is 15.8 Å². The van der Waals surface area contributed by atoms with Crippen molar-refractivity contribution in [2.24, 2.45) is 10.7 Å². The van der Waals surface area contributed by atoms with Gasteiger partial charge in [0.2, 0.25) is 5.91 Å². The Morgan fingerprint density at radius 3 is 2.39 bits per heavy atom. The van der Waals surface area contributed by atoms with Gasteiger partial charge in [-0.1, -0.05) is 6.07 Å². The van der Waals surface area contributed by atoms with Crippen molar-refractivity contribution < 1.29 is 35.9 Å². The van der Waals surface area contributed by atoms with Crippen LogP contribution in [0.1, 0.15) is 48.5 Å². The summed E-state index contributed by atoms with van der Waals surface area (Å²) >= 11 is 0. The van der Waals surface area contributed by atoms with Gasteiger partial charge in [-0.05, 0) is 43.4 Å². The first-order valence-electron chi connectivity index (χ1n) is 9.28. The Kier molecular flexibility index (Phi) is 7.03. The molecule has 0 spiro atoms. The van der Waals surface area contributed by atoms with Crippen LogP contribution < -0.4 is 15.8 Å². The van der Waals surface area contributed by atoms with E-state index < -0.39 is 51.6 Å². The van der Waals surface area contributed by atoms with E-state index in [0.29, 0.717) is 5.56 Å². The molecular weight excluding hydrogens is 439 g/mol. The Hall–Kier alpha value is -2.63. The van der Waals surface area contributed by atoms with Crippen LogP contribution in [0.2, 0.25) is 0 Å². The first kappa shape index (κ1) is 24.6. The molecule has 31 heavy (non-hydrogen) atoms. The topological polar surface area (TPSA) is 128 Å². The number of carbonyl (C=O) groups is 2. The Morgan fingerprint density at radius 1 is 1.29 bits per heavy atom. The number of amides is 2. The number of ether oxygens (including phenoxy) is 1. The Labute approximate surface area is 178 Å². The number of hydrogen-bond donors (Lipinski definition) is 2. The number of rotatable bonds is 8. The molecule has 0 aromatic heterocycles. The monoisotopic (exact) mass is 463 g/mol. The van der Waals surface area contributed by atoms with Gasteiger partial charge in [-0.3, -0.25) is 9.59 Å². The van der Waals surface area contributed by atoms with Crippen molar-refractivity contribution in [3.8, 4) is 5.75 Å². The van der Waals surface area contributed by atoms with Crippen LogP contribution in [0.5, 0.6) is 5.75 Å². The maximum absolute atomic E-state index is 12.8. The number of sulfone groups is 1. The molecule has 1 atom stereocenters. The molecule has 0 bridgehead atoms. The van der Waals surface area contributed by atoms with E-state index in [4.69, 9.17) is 10.5 Å². The fourth-order valence-electron chi connectivity index (χ4n) is 3.01. The number of nitrogens with zero attached hydrogens (tertiary/aromatic N) is 1. The van der Waals surface area contributed by atoms with E-state index >= 15 is 0 Å². The van der Waals surface area contributed by atoms with Crippen LogP contribution in [0.15, 0.2) is 23.2 Å². The van der Waals surface area contributed by atoms with Crippen LogP contribution in [0.4, 0.5) is 13.2 Å². The predicted molar refractivity (Wildman–Crippen MR) is 108 cm³/mol. The van der Waals surface area contributed by atoms with E-state index in [0.717, 1.165) is 26.0 Å². The number of halogens is 3. The summed E-state index contributed by atoms with van der Waals surface area (Å²) in [5.41, 5.74) is 4.57. The predicted octanol–water partition coefficient (Wildman–Crippen LogP) is 1.94. The molecule has 1 fully saturated rings. The first-order valence-corrected chi connectivity index (χ1v) is 11.3. The van der Waals surface area contributed by atoms with Crippen molar-refractivity contribution in [3.63, 3.8) is 0 Å². The lowest BCUT2D eigenvalue weighted by Gasteiger charge is -2.29. The van der Waals surface area contributed by atoms with Crippen molar-refractivity contribution in [1.82, 2.24) is 5.32 Å². The molecule has 1 aromatic carbocycles. The molecule has 8 nitrogen and oxygen atoms in total. The highest BCUT2D eigenvalue weighted by Gasteiger charge is 2.36. The SMILES string of the molecule is CC(=O)N=C(N)[C@](C)(CS(C)(=O)=O)NC(=O)c1ccc(C2CC2)c(OCC(F)(F)F)c1. The maximum Gasteiger partial charge on any atom is 0.422 e. The lowest BCUT2D eigenvalue weighted by molar-refractivity contribution is -0.153. The number of amidine groups is 1. The molecule has 1 aliphatic carbocycles. The molecule has 0 saturated heterocycles. The number of nitrogens with two attached hydrogens (primary N) is 1. The normalized spacial score (nSPS) is 17.0. The second-order valence-electron chi connectivity index (χ2n) is 7.80. The van der Waals surface area contributed by atoms with Gasteiger partial charge in [0.05, 0.1) is 5.75 Å². The van der Waals surface area contributed by atoms with Crippen molar-refractivity contribution in [2.75, 3.05) is 18.6 Å². The first-order chi connectivity index (χ1) is 14.1. The van der Waals surface area contributed by atoms with E-state index in [1.54, 1.807) is 0 Å². The molecular formula is C19H24F3N3O5S. The summed E-state index contributed by atoms with van der Waals surface area (Å²) in [5, 5.41) is 2.43. The molecule has 1 aliphatic rings. The highest BCUT2D eigenvalue weighted by atomic mass is 32.2. The highest BCUT2D eigenvalue weighted by Crippen LogP contribution is 2.44. The summed E-state index contributed by atoms with van der Waals surface area (Å²) in [6, 6.07) is 4.09. The number of nitrogens with one attached hydrogen (secondary N) is 1. The van der Waals surface area contributed by atoms with Gasteiger partial charge in [-0.2, -0.15) is 18.2 Å². The largest absolute Gasteiger partial charge is 0.484 e. The molecule has 0 aliphatic heterocycles. The average molecular weight is 463 g/mol. The second-order valence-corrected chi connectivity index (χ2v) is 9.94. The minimum absolute atomic E-state index is 0.0584. The number of alkyl halides is 3. The standard InChI is InChI=1S/C19H24F3N3O5S/c1-11(26)24-17(23)18(2,10-31(3,28)29)25-16(27)13-6-7-14(12-4-5-12)15(8-13)30-9-19(20,21)22/h6-8,12H,4-5,9-10H2,1-3H3,(H,25,27)(H2,23,24,26)/t18-/m0/s1. The zero-order valence-corrected chi connectivity index (χ0v) is 18.1. The van der Waals surface area contributed by atoms with E-state index in [1.165, 1.54) is 25.1 Å². The van der Waals surface area contributed by atoms with Crippen LogP contribution in [0.25, 0.3) is 0 Å². The molecule has 1 saturated carbocycles. The van der Waals surface area contributed by atoms with Crippen molar-refractivity contribution in [3.05, 3.63) is 29.3 Å². The van der Waals surface area contributed by atoms with Gasteiger partial charge in [0.15, 0.2) is 6.61 Å². The van der Waals surface area contributed by atoms with E-state index in [9.17, 15) is 31.2 Å². The zero-order chi connectivity index (χ0) is 23.6. The Morgan fingerprint density at radius 2 is 1.90 bits per heavy atom. The summed E-state index contributed by atoms with van der Waals surface area (Å²) in [6.07, 6.45) is -2.02. The van der Waals surface area contributed by atoms with Crippen molar-refractivity contribution in [2.45, 2.75) is 44.3 Å². The number of hydrogen-bond acceptors (Lipinski definition) is 5. The number of aliphatic imine (C=N–C) groups is 1. The average Bonchev–Trinajstić information content (AvgIpc) is 3.41. The maximum atomic E-state index is 12.8. The quantitative estimate of drug-likeness (QED) is 0.448. The lowest BCUT2D eigenvalue weighted by Crippen LogP contribution is -2.59. The molecule has 12 heteroatoms. The van der Waals surface area contributed by atoms with Crippen molar-refractivity contribution in [1.29, 1.82) is 0 Å². The van der Waals surface area contributed by atoms with Gasteiger partial charge in [0.25, 0.3) is 5.91 Å². The lowest BCUT2D eigenvalue weighted by atomic mass is 10.0. The van der Waals surface area contributed by atoms with Gasteiger partial charge in [0.1, 0.15) is 27.0 Å². The summed E-state index contributed by atoms with van der Waals surface area (Å²) in [5.74, 6) is -2.57. The minimum Gasteiger partial charge on any atom is -0.484 e. The summed E-state index contributed by atoms with van der Waals surface area (Å²) in [6.45, 7) is 0.881. The molecule has 3 N–H and O–H groups in total. The smallest absolute Gasteiger partial charge is 0.422 e. The molecule has 172 valence electrons. The molecule has 0 radical (unpaired) electrons. The summed E-state index contributed by atoms with van der Waals surface area (Å²) < 4.78 is 66.4. The van der Waals surface area contributed by atoms with Crippen LogP contribution in [-0.4, -0.2) is 56.4 Å². The third kappa shape index (κ3) is 7.53. The van der Waals surface area contributed by atoms with E-state index in [-0.39, 0.29) is 17.2 Å². The Bertz CT molecular complexity index is 1000. The van der Waals surface area contributed by atoms with Crippen LogP contribution >= 0.6 is 0 Å². The highest BCUT2D eigenvalue weighted by molar-refractivity contribution is 7.90. The third-order valence-electron chi connectivity index (χ3n) is 4.47. The second kappa shape index (κ2) is 8.85. The summed E-state index contributed by atoms with van der Waals surface area (Å²) in [4.78, 5) is 27.6. The van der Waals surface area contributed by atoms with Crippen LogP contribution in [0.3, 0.4) is 0 Å². The van der Waals surface area contributed by atoms with Crippen LogP contribution in [0, 0.1) is 0 Å². The van der Waals surface area contributed by atoms with E-state index in [2.05, 4.69) is 10.3 Å². The minimum atomic E-state index is -4.55. The van der Waals surface area contributed by atoms with Crippen LogP contribution in [-0.2, 0) is 14.6 Å². The summed E-state index contributed by atoms with van der Waals surface area (Å²) in [7, 11) is -3.67. The van der Waals surface area contributed by atoms with Gasteiger partial charge in [-0.15, -0.1) is 0 Å². The van der Waals surface area contributed by atoms with Crippen molar-refractivity contribution >= 4 is 27.5 Å². The molecule has 2 amide bonds. The van der Waals surface area contributed by atoms with E-state index in [1.807, 2.05) is 0 Å². The number of carbonyl (C=O) groups excluding carboxylic acids is 2.